The number of nitrogens with zero attached hydrogens (tertiary/aromatic N) is 2. The van der Waals surface area contributed by atoms with Crippen molar-refractivity contribution in [3.63, 3.8) is 0 Å². The van der Waals surface area contributed by atoms with Crippen LogP contribution in [0.5, 0.6) is 0 Å². The van der Waals surface area contributed by atoms with Crippen molar-refractivity contribution >= 4 is 21.9 Å². The number of esters is 1. The number of imidazole rings is 1. The minimum Gasteiger partial charge on any atom is -0.461 e. The van der Waals surface area contributed by atoms with E-state index in [-0.39, 0.29) is 5.69 Å². The lowest BCUT2D eigenvalue weighted by Crippen LogP contribution is -2.04. The first kappa shape index (κ1) is 10.9. The predicted octanol–water partition coefficient (Wildman–Crippen LogP) is 2.40. The SMILES string of the molecule is CCOC(=O)c1cn(-c2ccc(Br)o2)cn1. The maximum Gasteiger partial charge on any atom is 0.358 e. The molecule has 16 heavy (non-hydrogen) atoms. The average molecular weight is 285 g/mol. The van der Waals surface area contributed by atoms with Crippen molar-refractivity contribution in [1.82, 2.24) is 9.55 Å². The van der Waals surface area contributed by atoms with Crippen LogP contribution in [0.4, 0.5) is 0 Å². The lowest BCUT2D eigenvalue weighted by Gasteiger charge is -1.96. The molecule has 0 bridgehead atoms. The van der Waals surface area contributed by atoms with Crippen LogP contribution in [0.1, 0.15) is 17.4 Å². The van der Waals surface area contributed by atoms with Crippen LogP contribution in [0.15, 0.2) is 33.7 Å². The Labute approximate surface area is 100 Å². The quantitative estimate of drug-likeness (QED) is 0.812. The molecule has 0 N–H and O–H groups in total. The van der Waals surface area contributed by atoms with Crippen molar-refractivity contribution in [2.45, 2.75) is 6.92 Å². The molecule has 0 fully saturated rings. The zero-order chi connectivity index (χ0) is 11.5. The molecule has 0 aliphatic heterocycles. The molecule has 0 aliphatic carbocycles. The van der Waals surface area contributed by atoms with E-state index in [1.54, 1.807) is 29.8 Å². The van der Waals surface area contributed by atoms with Gasteiger partial charge in [0.1, 0.15) is 6.33 Å². The molecule has 0 aromatic carbocycles. The molecule has 2 aromatic heterocycles. The van der Waals surface area contributed by atoms with Gasteiger partial charge in [-0.05, 0) is 28.9 Å². The van der Waals surface area contributed by atoms with E-state index in [9.17, 15) is 4.79 Å². The van der Waals surface area contributed by atoms with Gasteiger partial charge in [0.2, 0.25) is 5.88 Å². The Kier molecular flexibility index (Phi) is 3.09. The lowest BCUT2D eigenvalue weighted by molar-refractivity contribution is 0.0520. The van der Waals surface area contributed by atoms with Crippen LogP contribution >= 0.6 is 15.9 Å². The summed E-state index contributed by atoms with van der Waals surface area (Å²) in [5, 5.41) is 0. The highest BCUT2D eigenvalue weighted by Crippen LogP contribution is 2.18. The molecule has 5 nitrogen and oxygen atoms in total. The Bertz CT molecular complexity index is 504. The summed E-state index contributed by atoms with van der Waals surface area (Å²) < 4.78 is 12.4. The molecule has 0 saturated carbocycles. The van der Waals surface area contributed by atoms with E-state index in [1.165, 1.54) is 6.33 Å². The summed E-state index contributed by atoms with van der Waals surface area (Å²) in [6.45, 7) is 2.08. The van der Waals surface area contributed by atoms with Gasteiger partial charge in [0.25, 0.3) is 0 Å². The van der Waals surface area contributed by atoms with E-state index >= 15 is 0 Å². The fourth-order valence-electron chi connectivity index (χ4n) is 1.20. The highest BCUT2D eigenvalue weighted by atomic mass is 79.9. The molecular weight excluding hydrogens is 276 g/mol. The highest BCUT2D eigenvalue weighted by Gasteiger charge is 2.11. The second-order valence-corrected chi connectivity index (χ2v) is 3.75. The van der Waals surface area contributed by atoms with Crippen LogP contribution < -0.4 is 0 Å². The first-order chi connectivity index (χ1) is 7.70. The Hall–Kier alpha value is -1.56. The van der Waals surface area contributed by atoms with Crippen molar-refractivity contribution in [2.75, 3.05) is 6.61 Å². The fraction of sp³-hybridized carbons (Fsp3) is 0.200. The van der Waals surface area contributed by atoms with E-state index in [0.717, 1.165) is 0 Å². The number of ether oxygens (including phenoxy) is 1. The second kappa shape index (κ2) is 4.52. The van der Waals surface area contributed by atoms with Gasteiger partial charge in [-0.15, -0.1) is 0 Å². The summed E-state index contributed by atoms with van der Waals surface area (Å²) in [5.74, 6) is 0.141. The number of carbonyl (C=O) groups is 1. The zero-order valence-electron chi connectivity index (χ0n) is 8.51. The Morgan fingerprint density at radius 3 is 3.06 bits per heavy atom. The molecule has 2 aromatic rings. The van der Waals surface area contributed by atoms with Gasteiger partial charge in [-0.3, -0.25) is 4.57 Å². The Morgan fingerprint density at radius 1 is 1.62 bits per heavy atom. The molecule has 0 aliphatic rings. The van der Waals surface area contributed by atoms with E-state index < -0.39 is 5.97 Å². The lowest BCUT2D eigenvalue weighted by atomic mass is 10.5. The molecule has 6 heteroatoms. The van der Waals surface area contributed by atoms with E-state index in [4.69, 9.17) is 9.15 Å². The average Bonchev–Trinajstić information content (AvgIpc) is 2.85. The number of halogens is 1. The van der Waals surface area contributed by atoms with Gasteiger partial charge in [-0.2, -0.15) is 0 Å². The minimum atomic E-state index is -0.438. The predicted molar refractivity (Wildman–Crippen MR) is 59.5 cm³/mol. The maximum atomic E-state index is 11.4. The third kappa shape index (κ3) is 2.16. The molecule has 2 heterocycles. The smallest absolute Gasteiger partial charge is 0.358 e. The number of carbonyl (C=O) groups excluding carboxylic acids is 1. The van der Waals surface area contributed by atoms with Crippen LogP contribution in [0.25, 0.3) is 5.88 Å². The van der Waals surface area contributed by atoms with E-state index in [1.807, 2.05) is 0 Å². The number of furan rings is 1. The number of rotatable bonds is 3. The van der Waals surface area contributed by atoms with Crippen LogP contribution in [0.2, 0.25) is 0 Å². The standard InChI is InChI=1S/C10H9BrN2O3/c1-2-15-10(14)7-5-13(6-12-7)9-4-3-8(11)16-9/h3-6H,2H2,1H3. The molecule has 0 saturated heterocycles. The molecule has 0 unspecified atom stereocenters. The number of hydrogen-bond acceptors (Lipinski definition) is 4. The molecule has 84 valence electrons. The normalized spacial score (nSPS) is 10.4. The van der Waals surface area contributed by atoms with Gasteiger partial charge >= 0.3 is 5.97 Å². The summed E-state index contributed by atoms with van der Waals surface area (Å²) in [5.41, 5.74) is 0.259. The molecule has 0 amide bonds. The number of hydrogen-bond donors (Lipinski definition) is 0. The number of aromatic nitrogens is 2. The zero-order valence-corrected chi connectivity index (χ0v) is 10.1. The first-order valence-electron chi connectivity index (χ1n) is 4.67. The first-order valence-corrected chi connectivity index (χ1v) is 5.47. The van der Waals surface area contributed by atoms with E-state index in [2.05, 4.69) is 20.9 Å². The van der Waals surface area contributed by atoms with Crippen LogP contribution in [0, 0.1) is 0 Å². The minimum absolute atomic E-state index is 0.259. The largest absolute Gasteiger partial charge is 0.461 e. The summed E-state index contributed by atoms with van der Waals surface area (Å²) in [6.07, 6.45) is 3.06. The van der Waals surface area contributed by atoms with Crippen molar-refractivity contribution in [1.29, 1.82) is 0 Å². The van der Waals surface area contributed by atoms with Crippen molar-refractivity contribution < 1.29 is 13.9 Å². The van der Waals surface area contributed by atoms with Gasteiger partial charge in [0, 0.05) is 12.3 Å². The molecule has 0 spiro atoms. The summed E-state index contributed by atoms with van der Waals surface area (Å²) in [6, 6.07) is 3.53. The van der Waals surface area contributed by atoms with Crippen LogP contribution in [-0.2, 0) is 4.74 Å². The third-order valence-electron chi connectivity index (χ3n) is 1.88. The summed E-state index contributed by atoms with van der Waals surface area (Å²) >= 11 is 3.20. The molecular formula is C10H9BrN2O3. The topological polar surface area (TPSA) is 57.3 Å². The fourth-order valence-corrected chi connectivity index (χ4v) is 1.50. The monoisotopic (exact) mass is 284 g/mol. The van der Waals surface area contributed by atoms with Gasteiger partial charge in [0.15, 0.2) is 10.4 Å². The molecule has 2 rings (SSSR count). The van der Waals surface area contributed by atoms with E-state index in [0.29, 0.717) is 17.2 Å². The Balaban J connectivity index is 2.22. The van der Waals surface area contributed by atoms with Crippen molar-refractivity contribution in [2.24, 2.45) is 0 Å². The molecule has 0 atom stereocenters. The third-order valence-corrected chi connectivity index (χ3v) is 2.31. The van der Waals surface area contributed by atoms with Gasteiger partial charge in [-0.1, -0.05) is 0 Å². The van der Waals surface area contributed by atoms with Gasteiger partial charge in [-0.25, -0.2) is 9.78 Å². The maximum absolute atomic E-state index is 11.4. The second-order valence-electron chi connectivity index (χ2n) is 2.96. The summed E-state index contributed by atoms with van der Waals surface area (Å²) in [7, 11) is 0. The van der Waals surface area contributed by atoms with Gasteiger partial charge < -0.3 is 9.15 Å². The van der Waals surface area contributed by atoms with Gasteiger partial charge in [0.05, 0.1) is 6.61 Å². The van der Waals surface area contributed by atoms with Crippen LogP contribution in [-0.4, -0.2) is 22.1 Å². The summed E-state index contributed by atoms with van der Waals surface area (Å²) in [4.78, 5) is 15.3. The van der Waals surface area contributed by atoms with Crippen molar-refractivity contribution in [3.05, 3.63) is 35.0 Å². The molecule has 0 radical (unpaired) electrons. The highest BCUT2D eigenvalue weighted by molar-refractivity contribution is 9.10. The Morgan fingerprint density at radius 2 is 2.44 bits per heavy atom. The van der Waals surface area contributed by atoms with Crippen LogP contribution in [0.3, 0.4) is 0 Å². The van der Waals surface area contributed by atoms with Crippen molar-refractivity contribution in [3.8, 4) is 5.88 Å².